The van der Waals surface area contributed by atoms with Gasteiger partial charge >= 0.3 is 0 Å². The highest BCUT2D eigenvalue weighted by Crippen LogP contribution is 2.26. The molecule has 0 radical (unpaired) electrons. The maximum atomic E-state index is 12.7. The Balaban J connectivity index is 1.67. The molecule has 3 heterocycles. The minimum atomic E-state index is 0.139. The van der Waals surface area contributed by atoms with Gasteiger partial charge in [-0.25, -0.2) is 4.98 Å². The molecule has 3 rings (SSSR count). The SMILES string of the molecule is CCc1nc(C)sc1C(=O)N1CCC(n2cnnc2)CC1. The van der Waals surface area contributed by atoms with E-state index in [0.29, 0.717) is 6.04 Å². The second-order valence-corrected chi connectivity index (χ2v) is 6.50. The number of hydrogen-bond acceptors (Lipinski definition) is 5. The van der Waals surface area contributed by atoms with Gasteiger partial charge in [0.1, 0.15) is 17.5 Å². The largest absolute Gasteiger partial charge is 0.338 e. The average Bonchev–Trinajstić information content (AvgIpc) is 3.16. The van der Waals surface area contributed by atoms with E-state index < -0.39 is 0 Å². The summed E-state index contributed by atoms with van der Waals surface area (Å²) in [5, 5.41) is 8.67. The minimum Gasteiger partial charge on any atom is -0.338 e. The average molecular weight is 305 g/mol. The number of nitrogens with zero attached hydrogens (tertiary/aromatic N) is 5. The summed E-state index contributed by atoms with van der Waals surface area (Å²) < 4.78 is 2.04. The Morgan fingerprint density at radius 3 is 2.62 bits per heavy atom. The minimum absolute atomic E-state index is 0.139. The summed E-state index contributed by atoms with van der Waals surface area (Å²) in [7, 11) is 0. The molecule has 1 fully saturated rings. The molecule has 0 atom stereocenters. The van der Waals surface area contributed by atoms with Crippen molar-refractivity contribution in [3.05, 3.63) is 28.2 Å². The standard InChI is InChI=1S/C14H19N5OS/c1-3-12-13(21-10(2)17-12)14(20)18-6-4-11(5-7-18)19-8-15-16-9-19/h8-9,11H,3-7H2,1-2H3. The quantitative estimate of drug-likeness (QED) is 0.871. The molecule has 1 aliphatic rings. The molecule has 0 N–H and O–H groups in total. The van der Waals surface area contributed by atoms with Crippen molar-refractivity contribution in [2.24, 2.45) is 0 Å². The fraction of sp³-hybridized carbons (Fsp3) is 0.571. The second-order valence-electron chi connectivity index (χ2n) is 5.29. The molecule has 2 aromatic heterocycles. The first kappa shape index (κ1) is 14.2. The van der Waals surface area contributed by atoms with E-state index in [-0.39, 0.29) is 5.91 Å². The number of hydrogen-bond donors (Lipinski definition) is 0. The smallest absolute Gasteiger partial charge is 0.265 e. The molecule has 21 heavy (non-hydrogen) atoms. The van der Waals surface area contributed by atoms with Crippen molar-refractivity contribution >= 4 is 17.2 Å². The molecule has 1 saturated heterocycles. The number of likely N-dealkylation sites (tertiary alicyclic amines) is 1. The Labute approximate surface area is 127 Å². The lowest BCUT2D eigenvalue weighted by Crippen LogP contribution is -2.39. The van der Waals surface area contributed by atoms with Gasteiger partial charge in [-0.05, 0) is 26.2 Å². The van der Waals surface area contributed by atoms with Crippen LogP contribution >= 0.6 is 11.3 Å². The zero-order chi connectivity index (χ0) is 14.8. The van der Waals surface area contributed by atoms with Crippen LogP contribution in [0.2, 0.25) is 0 Å². The van der Waals surface area contributed by atoms with E-state index in [2.05, 4.69) is 15.2 Å². The first-order chi connectivity index (χ1) is 10.2. The fourth-order valence-electron chi connectivity index (χ4n) is 2.78. The van der Waals surface area contributed by atoms with Crippen molar-refractivity contribution in [1.29, 1.82) is 0 Å². The van der Waals surface area contributed by atoms with Crippen molar-refractivity contribution in [1.82, 2.24) is 24.6 Å². The van der Waals surface area contributed by atoms with Gasteiger partial charge in [-0.15, -0.1) is 21.5 Å². The van der Waals surface area contributed by atoms with E-state index in [9.17, 15) is 4.79 Å². The Morgan fingerprint density at radius 2 is 2.00 bits per heavy atom. The van der Waals surface area contributed by atoms with Crippen molar-refractivity contribution in [3.63, 3.8) is 0 Å². The molecular formula is C14H19N5OS. The molecule has 6 nitrogen and oxygen atoms in total. The number of carbonyl (C=O) groups is 1. The van der Waals surface area contributed by atoms with E-state index in [1.165, 1.54) is 11.3 Å². The third kappa shape index (κ3) is 2.83. The summed E-state index contributed by atoms with van der Waals surface area (Å²) >= 11 is 1.51. The zero-order valence-corrected chi connectivity index (χ0v) is 13.1. The Bertz CT molecular complexity index is 613. The predicted octanol–water partition coefficient (Wildman–Crippen LogP) is 2.08. The van der Waals surface area contributed by atoms with Gasteiger partial charge in [0.2, 0.25) is 0 Å². The first-order valence-corrected chi connectivity index (χ1v) is 8.10. The molecule has 1 amide bonds. The first-order valence-electron chi connectivity index (χ1n) is 7.28. The Hall–Kier alpha value is -1.76. The van der Waals surface area contributed by atoms with Crippen LogP contribution in [0.1, 0.15) is 46.2 Å². The number of aryl methyl sites for hydroxylation is 2. The molecular weight excluding hydrogens is 286 g/mol. The molecule has 0 bridgehead atoms. The van der Waals surface area contributed by atoms with Gasteiger partial charge < -0.3 is 9.47 Å². The summed E-state index contributed by atoms with van der Waals surface area (Å²) in [6, 6.07) is 0.401. The summed E-state index contributed by atoms with van der Waals surface area (Å²) in [4.78, 5) is 19.9. The van der Waals surface area contributed by atoms with Gasteiger partial charge in [-0.1, -0.05) is 6.92 Å². The van der Waals surface area contributed by atoms with Crippen molar-refractivity contribution in [2.75, 3.05) is 13.1 Å². The van der Waals surface area contributed by atoms with Crippen LogP contribution in [0.4, 0.5) is 0 Å². The van der Waals surface area contributed by atoms with Crippen molar-refractivity contribution in [3.8, 4) is 0 Å². The molecule has 112 valence electrons. The number of amides is 1. The van der Waals surface area contributed by atoms with E-state index in [4.69, 9.17) is 0 Å². The highest BCUT2D eigenvalue weighted by Gasteiger charge is 2.27. The molecule has 0 unspecified atom stereocenters. The van der Waals surface area contributed by atoms with Gasteiger partial charge in [0.15, 0.2) is 0 Å². The van der Waals surface area contributed by atoms with E-state index in [1.807, 2.05) is 23.3 Å². The van der Waals surface area contributed by atoms with Crippen molar-refractivity contribution < 1.29 is 4.79 Å². The summed E-state index contributed by atoms with van der Waals surface area (Å²) in [5.41, 5.74) is 0.934. The molecule has 0 aliphatic carbocycles. The van der Waals surface area contributed by atoms with Crippen LogP contribution in [0.5, 0.6) is 0 Å². The van der Waals surface area contributed by atoms with Crippen LogP contribution in [-0.2, 0) is 6.42 Å². The number of carbonyl (C=O) groups excluding carboxylic acids is 1. The van der Waals surface area contributed by atoms with Crippen molar-refractivity contribution in [2.45, 2.75) is 39.2 Å². The maximum absolute atomic E-state index is 12.7. The highest BCUT2D eigenvalue weighted by molar-refractivity contribution is 7.13. The lowest BCUT2D eigenvalue weighted by atomic mass is 10.0. The lowest BCUT2D eigenvalue weighted by Gasteiger charge is -2.32. The van der Waals surface area contributed by atoms with E-state index in [1.54, 1.807) is 12.7 Å². The Morgan fingerprint density at radius 1 is 1.33 bits per heavy atom. The monoisotopic (exact) mass is 305 g/mol. The number of thiazole rings is 1. The number of piperidine rings is 1. The van der Waals surface area contributed by atoms with E-state index >= 15 is 0 Å². The topological polar surface area (TPSA) is 63.9 Å². The molecule has 0 spiro atoms. The number of aromatic nitrogens is 4. The van der Waals surface area contributed by atoms with Gasteiger partial charge in [0.05, 0.1) is 10.7 Å². The number of rotatable bonds is 3. The summed E-state index contributed by atoms with van der Waals surface area (Å²) in [6.07, 6.45) is 6.21. The van der Waals surface area contributed by atoms with Crippen LogP contribution in [0, 0.1) is 6.92 Å². The molecule has 7 heteroatoms. The lowest BCUT2D eigenvalue weighted by molar-refractivity contribution is 0.0698. The van der Waals surface area contributed by atoms with Gasteiger partial charge in [0.25, 0.3) is 5.91 Å². The molecule has 0 saturated carbocycles. The third-order valence-electron chi connectivity index (χ3n) is 3.94. The molecule has 1 aliphatic heterocycles. The molecule has 0 aromatic carbocycles. The Kier molecular flexibility index (Phi) is 4.01. The maximum Gasteiger partial charge on any atom is 0.265 e. The molecule has 2 aromatic rings. The highest BCUT2D eigenvalue weighted by atomic mass is 32.1. The third-order valence-corrected chi connectivity index (χ3v) is 4.94. The second kappa shape index (κ2) is 5.93. The van der Waals surface area contributed by atoms with Gasteiger partial charge in [-0.3, -0.25) is 4.79 Å². The van der Waals surface area contributed by atoms with Crippen LogP contribution in [0.3, 0.4) is 0 Å². The summed E-state index contributed by atoms with van der Waals surface area (Å²) in [5.74, 6) is 0.139. The normalized spacial score (nSPS) is 16.4. The van der Waals surface area contributed by atoms with Crippen LogP contribution < -0.4 is 0 Å². The predicted molar refractivity (Wildman–Crippen MR) is 80.4 cm³/mol. The van der Waals surface area contributed by atoms with Crippen LogP contribution in [0.25, 0.3) is 0 Å². The van der Waals surface area contributed by atoms with E-state index in [0.717, 1.165) is 47.9 Å². The van der Waals surface area contributed by atoms with Gasteiger partial charge in [-0.2, -0.15) is 0 Å². The zero-order valence-electron chi connectivity index (χ0n) is 12.3. The van der Waals surface area contributed by atoms with Crippen LogP contribution in [-0.4, -0.2) is 43.6 Å². The summed E-state index contributed by atoms with van der Waals surface area (Å²) in [6.45, 7) is 5.56. The van der Waals surface area contributed by atoms with Gasteiger partial charge in [0, 0.05) is 19.1 Å². The van der Waals surface area contributed by atoms with Crippen LogP contribution in [0.15, 0.2) is 12.7 Å². The fourth-order valence-corrected chi connectivity index (χ4v) is 3.76.